The van der Waals surface area contributed by atoms with Gasteiger partial charge in [-0.2, -0.15) is 4.31 Å². The standard InChI is InChI=1S/C20H26N4O6S2/c1-22(2)31(27,28)18-9-10-20(26)23(14-18)15-19(25)21-16-7-6-8-17(13-16)32(29,30)24-11-4-3-5-12-24/h6-10,13-14H,3-5,11-12,15H2,1-2H3,(H,21,25). The molecule has 1 aromatic carbocycles. The summed E-state index contributed by atoms with van der Waals surface area (Å²) in [5, 5.41) is 2.57. The van der Waals surface area contributed by atoms with Crippen molar-refractivity contribution in [2.75, 3.05) is 32.5 Å². The summed E-state index contributed by atoms with van der Waals surface area (Å²) >= 11 is 0. The molecule has 1 amide bonds. The van der Waals surface area contributed by atoms with Gasteiger partial charge in [-0.3, -0.25) is 9.59 Å². The average molecular weight is 483 g/mol. The van der Waals surface area contributed by atoms with Crippen LogP contribution in [0, 0.1) is 0 Å². The number of piperidine rings is 1. The molecule has 0 unspecified atom stereocenters. The van der Waals surface area contributed by atoms with Crippen LogP contribution >= 0.6 is 0 Å². The summed E-state index contributed by atoms with van der Waals surface area (Å²) in [6.45, 7) is 0.501. The van der Waals surface area contributed by atoms with E-state index in [1.165, 1.54) is 42.7 Å². The maximum Gasteiger partial charge on any atom is 0.251 e. The van der Waals surface area contributed by atoms with Gasteiger partial charge in [-0.15, -0.1) is 0 Å². The number of hydrogen-bond donors (Lipinski definition) is 1. The third kappa shape index (κ3) is 5.26. The van der Waals surface area contributed by atoms with Gasteiger partial charge in [-0.25, -0.2) is 21.1 Å². The molecular formula is C20H26N4O6S2. The van der Waals surface area contributed by atoms with Crippen LogP contribution in [0.3, 0.4) is 0 Å². The lowest BCUT2D eigenvalue weighted by molar-refractivity contribution is -0.116. The Bertz CT molecular complexity index is 1260. The fraction of sp³-hybridized carbons (Fsp3) is 0.400. The van der Waals surface area contributed by atoms with Crippen molar-refractivity contribution >= 4 is 31.6 Å². The van der Waals surface area contributed by atoms with Crippen molar-refractivity contribution in [2.45, 2.75) is 35.6 Å². The quantitative estimate of drug-likeness (QED) is 0.625. The summed E-state index contributed by atoms with van der Waals surface area (Å²) in [6, 6.07) is 8.18. The normalized spacial score (nSPS) is 15.6. The molecule has 12 heteroatoms. The van der Waals surface area contributed by atoms with Gasteiger partial charge in [-0.1, -0.05) is 12.5 Å². The number of nitrogens with zero attached hydrogens (tertiary/aromatic N) is 3. The third-order valence-corrected chi connectivity index (χ3v) is 8.81. The van der Waals surface area contributed by atoms with Gasteiger partial charge >= 0.3 is 0 Å². The molecule has 0 bridgehead atoms. The number of sulfonamides is 2. The van der Waals surface area contributed by atoms with Gasteiger partial charge in [0.2, 0.25) is 26.0 Å². The molecule has 0 saturated carbocycles. The van der Waals surface area contributed by atoms with Crippen LogP contribution in [-0.4, -0.2) is 63.1 Å². The summed E-state index contributed by atoms with van der Waals surface area (Å²) in [4.78, 5) is 24.6. The number of aromatic nitrogens is 1. The zero-order valence-corrected chi connectivity index (χ0v) is 19.5. The Balaban J connectivity index is 1.78. The first kappa shape index (κ1) is 24.1. The minimum absolute atomic E-state index is 0.0773. The first-order valence-electron chi connectivity index (χ1n) is 10.0. The molecule has 2 aromatic rings. The molecule has 0 radical (unpaired) electrons. The highest BCUT2D eigenvalue weighted by molar-refractivity contribution is 7.89. The number of hydrogen-bond acceptors (Lipinski definition) is 6. The lowest BCUT2D eigenvalue weighted by Crippen LogP contribution is -2.35. The third-order valence-electron chi connectivity index (χ3n) is 5.12. The number of carbonyl (C=O) groups is 1. The van der Waals surface area contributed by atoms with Crippen molar-refractivity contribution in [3.63, 3.8) is 0 Å². The lowest BCUT2D eigenvalue weighted by Gasteiger charge is -2.26. The van der Waals surface area contributed by atoms with E-state index in [0.29, 0.717) is 13.1 Å². The van der Waals surface area contributed by atoms with E-state index in [1.54, 1.807) is 6.07 Å². The second-order valence-corrected chi connectivity index (χ2v) is 11.7. The maximum atomic E-state index is 12.9. The summed E-state index contributed by atoms with van der Waals surface area (Å²) in [6.07, 6.45) is 3.73. The molecule has 10 nitrogen and oxygen atoms in total. The van der Waals surface area contributed by atoms with Gasteiger partial charge in [0.15, 0.2) is 0 Å². The van der Waals surface area contributed by atoms with Gasteiger partial charge in [0.25, 0.3) is 5.56 Å². The van der Waals surface area contributed by atoms with Crippen molar-refractivity contribution in [1.82, 2.24) is 13.2 Å². The molecule has 32 heavy (non-hydrogen) atoms. The predicted octanol–water partition coefficient (Wildman–Crippen LogP) is 0.912. The van der Waals surface area contributed by atoms with E-state index in [4.69, 9.17) is 0 Å². The second-order valence-electron chi connectivity index (χ2n) is 7.66. The summed E-state index contributed by atoms with van der Waals surface area (Å²) in [5.41, 5.74) is -0.280. The molecule has 1 fully saturated rings. The topological polar surface area (TPSA) is 126 Å². The Morgan fingerprint density at radius 1 is 1.00 bits per heavy atom. The van der Waals surface area contributed by atoms with Crippen molar-refractivity contribution in [3.05, 3.63) is 52.9 Å². The number of rotatable bonds is 7. The predicted molar refractivity (Wildman–Crippen MR) is 119 cm³/mol. The molecule has 1 aliphatic heterocycles. The zero-order chi connectivity index (χ0) is 23.5. The van der Waals surface area contributed by atoms with Crippen LogP contribution in [0.15, 0.2) is 57.2 Å². The minimum atomic E-state index is -3.77. The van der Waals surface area contributed by atoms with E-state index in [9.17, 15) is 26.4 Å². The van der Waals surface area contributed by atoms with Crippen molar-refractivity contribution in [3.8, 4) is 0 Å². The summed E-state index contributed by atoms with van der Waals surface area (Å²) < 4.78 is 53.7. The lowest BCUT2D eigenvalue weighted by atomic mass is 10.2. The highest BCUT2D eigenvalue weighted by Gasteiger charge is 2.26. The summed E-state index contributed by atoms with van der Waals surface area (Å²) in [7, 11) is -4.71. The molecule has 0 atom stereocenters. The molecule has 0 spiro atoms. The van der Waals surface area contributed by atoms with Gasteiger partial charge in [-0.05, 0) is 37.1 Å². The van der Waals surface area contributed by atoms with E-state index in [-0.39, 0.29) is 15.5 Å². The van der Waals surface area contributed by atoms with E-state index >= 15 is 0 Å². The Labute approximate surface area is 187 Å². The van der Waals surface area contributed by atoms with E-state index in [2.05, 4.69) is 5.32 Å². The number of anilines is 1. The van der Waals surface area contributed by atoms with Crippen LogP contribution in [0.5, 0.6) is 0 Å². The number of amides is 1. The number of nitrogens with one attached hydrogen (secondary N) is 1. The fourth-order valence-electron chi connectivity index (χ4n) is 3.34. The van der Waals surface area contributed by atoms with Gasteiger partial charge in [0.05, 0.1) is 9.79 Å². The second kappa shape index (κ2) is 9.53. The van der Waals surface area contributed by atoms with Gasteiger partial charge < -0.3 is 9.88 Å². The number of carbonyl (C=O) groups excluding carboxylic acids is 1. The van der Waals surface area contributed by atoms with E-state index < -0.39 is 38.1 Å². The van der Waals surface area contributed by atoms with Crippen LogP contribution in [0.4, 0.5) is 5.69 Å². The minimum Gasteiger partial charge on any atom is -0.324 e. The van der Waals surface area contributed by atoms with Crippen LogP contribution in [0.1, 0.15) is 19.3 Å². The highest BCUT2D eigenvalue weighted by Crippen LogP contribution is 2.23. The monoisotopic (exact) mass is 482 g/mol. The van der Waals surface area contributed by atoms with E-state index in [1.807, 2.05) is 0 Å². The molecule has 3 rings (SSSR count). The van der Waals surface area contributed by atoms with Crippen molar-refractivity contribution < 1.29 is 21.6 Å². The Kier molecular flexibility index (Phi) is 7.18. The summed E-state index contributed by atoms with van der Waals surface area (Å²) in [5.74, 6) is -0.598. The Morgan fingerprint density at radius 3 is 2.34 bits per heavy atom. The SMILES string of the molecule is CN(C)S(=O)(=O)c1ccc(=O)n(CC(=O)Nc2cccc(S(=O)(=O)N3CCCCC3)c2)c1. The first-order valence-corrected chi connectivity index (χ1v) is 12.9. The maximum absolute atomic E-state index is 12.9. The Hall–Kier alpha value is -2.54. The van der Waals surface area contributed by atoms with Gasteiger partial charge in [0, 0.05) is 45.1 Å². The van der Waals surface area contributed by atoms with Gasteiger partial charge in [0.1, 0.15) is 6.54 Å². The van der Waals surface area contributed by atoms with Crippen LogP contribution < -0.4 is 10.9 Å². The molecule has 1 aromatic heterocycles. The average Bonchev–Trinajstić information content (AvgIpc) is 2.75. The Morgan fingerprint density at radius 2 is 1.69 bits per heavy atom. The van der Waals surface area contributed by atoms with Crippen LogP contribution in [-0.2, 0) is 31.4 Å². The van der Waals surface area contributed by atoms with Crippen molar-refractivity contribution in [1.29, 1.82) is 0 Å². The molecule has 2 heterocycles. The van der Waals surface area contributed by atoms with Crippen LogP contribution in [0.2, 0.25) is 0 Å². The zero-order valence-electron chi connectivity index (χ0n) is 17.9. The fourth-order valence-corrected chi connectivity index (χ4v) is 5.83. The van der Waals surface area contributed by atoms with Crippen molar-refractivity contribution in [2.24, 2.45) is 0 Å². The molecular weight excluding hydrogens is 456 g/mol. The highest BCUT2D eigenvalue weighted by atomic mass is 32.2. The smallest absolute Gasteiger partial charge is 0.251 e. The molecule has 0 aliphatic carbocycles. The molecule has 1 aliphatic rings. The molecule has 174 valence electrons. The van der Waals surface area contributed by atoms with Crippen LogP contribution in [0.25, 0.3) is 0 Å². The molecule has 1 saturated heterocycles. The largest absolute Gasteiger partial charge is 0.324 e. The number of benzene rings is 1. The number of pyridine rings is 1. The molecule has 1 N–H and O–H groups in total. The first-order chi connectivity index (χ1) is 15.0. The van der Waals surface area contributed by atoms with E-state index in [0.717, 1.165) is 40.4 Å².